The summed E-state index contributed by atoms with van der Waals surface area (Å²) in [5, 5.41) is 50.0. The van der Waals surface area contributed by atoms with Crippen molar-refractivity contribution in [2.75, 3.05) is 10.9 Å². The second kappa shape index (κ2) is 18.7. The summed E-state index contributed by atoms with van der Waals surface area (Å²) < 4.78 is 33.8. The van der Waals surface area contributed by atoms with E-state index in [1.807, 2.05) is 25.1 Å². The van der Waals surface area contributed by atoms with E-state index in [0.29, 0.717) is 16.9 Å². The van der Waals surface area contributed by atoms with Crippen LogP contribution >= 0.6 is 0 Å². The topological polar surface area (TPSA) is 251 Å². The van der Waals surface area contributed by atoms with Gasteiger partial charge in [0.05, 0.1) is 27.9 Å². The van der Waals surface area contributed by atoms with Crippen molar-refractivity contribution in [3.05, 3.63) is 133 Å². The summed E-state index contributed by atoms with van der Waals surface area (Å²) in [4.78, 5) is 35.9. The number of azo groups is 1. The number of nitrogens with one attached hydrogen (secondary N) is 2. The van der Waals surface area contributed by atoms with Gasteiger partial charge in [-0.2, -0.15) is 20.4 Å². The summed E-state index contributed by atoms with van der Waals surface area (Å²) >= 11 is 0. The molecule has 0 atom stereocenters. The van der Waals surface area contributed by atoms with Gasteiger partial charge in [-0.15, -0.1) is 0 Å². The second-order valence-corrected chi connectivity index (χ2v) is 11.9. The molecule has 0 heterocycles. The molecule has 5 rings (SSSR count). The fraction of sp³-hybridized carbons (Fsp3) is 0.0606. The van der Waals surface area contributed by atoms with E-state index in [1.54, 1.807) is 25.1 Å². The third-order valence-electron chi connectivity index (χ3n) is 7.11. The molecule has 5 aromatic carbocycles. The Hall–Kier alpha value is -4.00. The van der Waals surface area contributed by atoms with E-state index in [-0.39, 0.29) is 92.9 Å². The van der Waals surface area contributed by atoms with E-state index in [0.717, 1.165) is 59.2 Å². The van der Waals surface area contributed by atoms with E-state index in [4.69, 9.17) is 0 Å². The molecule has 0 spiro atoms. The van der Waals surface area contributed by atoms with Crippen LogP contribution in [0.4, 0.5) is 22.7 Å². The standard InChI is InChI=1S/C33H26N6O9S.Cu.2Na/c1-17-13-19(3-7-24(17)35-34-21-5-10-28(40)23(15-21)33(44)45)20-4-8-25(18(2)14-20)36-39-31-30(42)12-9-26(32(31)43)37-38-27-16-22(49(46,47)48)6-11-29(27)41;;;/h3-16,36,38,40-41H,1-2H3,(H,44,45)(H,46,47,48);;;/q;+2;2*+1/p-4. The Morgan fingerprint density at radius 1 is 0.712 bits per heavy atom. The van der Waals surface area contributed by atoms with Crippen LogP contribution in [-0.2, 0) is 27.2 Å². The summed E-state index contributed by atoms with van der Waals surface area (Å²) in [5.41, 5.74) is 6.83. The molecule has 257 valence electrons. The first-order chi connectivity index (χ1) is 23.2. The Morgan fingerprint density at radius 3 is 1.98 bits per heavy atom. The number of carbonyl (C=O) groups is 1. The number of hydrogen-bond acceptors (Lipinski definition) is 15. The first-order valence-corrected chi connectivity index (χ1v) is 15.5. The first kappa shape index (κ1) is 44.2. The van der Waals surface area contributed by atoms with Crippen LogP contribution in [0.3, 0.4) is 0 Å². The molecule has 0 amide bonds. The molecule has 0 aliphatic heterocycles. The molecule has 5 aromatic rings. The first-order valence-electron chi connectivity index (χ1n) is 14.1. The summed E-state index contributed by atoms with van der Waals surface area (Å²) in [6.07, 6.45) is 0. The van der Waals surface area contributed by atoms with Crippen LogP contribution in [0.1, 0.15) is 21.5 Å². The molecule has 0 unspecified atom stereocenters. The zero-order valence-electron chi connectivity index (χ0n) is 27.8. The zero-order valence-corrected chi connectivity index (χ0v) is 33.5. The van der Waals surface area contributed by atoms with Gasteiger partial charge < -0.3 is 24.7 Å². The smallest absolute Gasteiger partial charge is 0.872 e. The quantitative estimate of drug-likeness (QED) is 0.0621. The van der Waals surface area contributed by atoms with E-state index < -0.39 is 54.3 Å². The van der Waals surface area contributed by atoms with Gasteiger partial charge in [-0.3, -0.25) is 20.4 Å². The van der Waals surface area contributed by atoms with Gasteiger partial charge in [0.15, 0.2) is 5.36 Å². The Bertz CT molecular complexity index is 2530. The van der Waals surface area contributed by atoms with Crippen LogP contribution in [0.15, 0.2) is 120 Å². The average Bonchev–Trinajstić information content (AvgIpc) is 3.05. The number of carbonyl (C=O) groups excluding carboxylic acids is 1. The van der Waals surface area contributed by atoms with E-state index in [2.05, 4.69) is 31.3 Å². The van der Waals surface area contributed by atoms with Gasteiger partial charge in [0.25, 0.3) is 0 Å². The van der Waals surface area contributed by atoms with Crippen molar-refractivity contribution >= 4 is 38.8 Å². The van der Waals surface area contributed by atoms with Crippen LogP contribution in [0.25, 0.3) is 11.1 Å². The molecular formula is C33H22CuN6Na2O9S. The van der Waals surface area contributed by atoms with Gasteiger partial charge in [-0.1, -0.05) is 35.8 Å². The van der Waals surface area contributed by atoms with Crippen molar-refractivity contribution in [3.8, 4) is 22.6 Å². The third-order valence-corrected chi connectivity index (χ3v) is 7.94. The number of hydrogen-bond donors (Lipinski definition) is 2. The van der Waals surface area contributed by atoms with Crippen LogP contribution in [0, 0.1) is 13.8 Å². The van der Waals surface area contributed by atoms with Gasteiger partial charge in [0.2, 0.25) is 10.9 Å². The van der Waals surface area contributed by atoms with Crippen LogP contribution < -0.4 is 107 Å². The van der Waals surface area contributed by atoms with Gasteiger partial charge in [-0.05, 0) is 102 Å². The number of nitrogens with zero attached hydrogens (tertiary/aromatic N) is 4. The van der Waals surface area contributed by atoms with Gasteiger partial charge in [0.1, 0.15) is 15.5 Å². The fourth-order valence-corrected chi connectivity index (χ4v) is 4.99. The molecule has 19 heteroatoms. The number of carboxylic acids is 1. The van der Waals surface area contributed by atoms with Crippen molar-refractivity contribution < 1.29 is 109 Å². The molecular weight excluding hydrogens is 766 g/mol. The van der Waals surface area contributed by atoms with Crippen LogP contribution in [0.2, 0.25) is 0 Å². The van der Waals surface area contributed by atoms with Crippen molar-refractivity contribution in [1.82, 2.24) is 0 Å². The van der Waals surface area contributed by atoms with Crippen molar-refractivity contribution in [2.24, 2.45) is 20.4 Å². The Morgan fingerprint density at radius 2 is 1.35 bits per heavy atom. The fourth-order valence-electron chi connectivity index (χ4n) is 4.49. The molecule has 0 saturated heterocycles. The maximum Gasteiger partial charge on any atom is 2.00 e. The molecule has 0 saturated carbocycles. The molecule has 2 N–H and O–H groups in total. The van der Waals surface area contributed by atoms with Crippen molar-refractivity contribution in [1.29, 1.82) is 0 Å². The minimum absolute atomic E-state index is 0. The second-order valence-electron chi connectivity index (χ2n) is 10.5. The van der Waals surface area contributed by atoms with E-state index in [9.17, 15) is 42.7 Å². The minimum Gasteiger partial charge on any atom is -0.872 e. The Balaban J connectivity index is 0.00000312. The maximum atomic E-state index is 13.0. The largest absolute Gasteiger partial charge is 2.00 e. The molecule has 0 aliphatic carbocycles. The summed E-state index contributed by atoms with van der Waals surface area (Å²) in [7, 11) is -4.85. The van der Waals surface area contributed by atoms with E-state index in [1.165, 1.54) is 6.07 Å². The molecule has 1 radical (unpaired) electrons. The normalized spacial score (nSPS) is 11.7. The molecule has 15 nitrogen and oxygen atoms in total. The monoisotopic (exact) mass is 787 g/mol. The molecule has 0 fully saturated rings. The summed E-state index contributed by atoms with van der Waals surface area (Å²) in [6.45, 7) is 3.60. The van der Waals surface area contributed by atoms with Crippen LogP contribution in [0.5, 0.6) is 11.5 Å². The van der Waals surface area contributed by atoms with Crippen molar-refractivity contribution in [2.45, 2.75) is 18.7 Å². The predicted octanol–water partition coefficient (Wildman–Crippen LogP) is -4.74. The average molecular weight is 788 g/mol. The van der Waals surface area contributed by atoms with Gasteiger partial charge in [-0.25, -0.2) is 8.42 Å². The Kier molecular flexibility index (Phi) is 15.8. The molecule has 52 heavy (non-hydrogen) atoms. The predicted molar refractivity (Wildman–Crippen MR) is 169 cm³/mol. The van der Waals surface area contributed by atoms with Crippen LogP contribution in [-0.4, -0.2) is 18.9 Å². The number of aromatic carboxylic acids is 1. The third kappa shape index (κ3) is 10.5. The molecule has 0 bridgehead atoms. The zero-order chi connectivity index (χ0) is 35.5. The number of aryl methyl sites for hydroxylation is 2. The number of anilines is 2. The summed E-state index contributed by atoms with van der Waals surface area (Å²) in [6, 6.07) is 18.9. The Labute approximate surface area is 350 Å². The SMILES string of the molecule is Cc1cc(-c2ccc(NN=c3c(=O)ccc(=NNc4cc(S(=O)(=O)[O-])ccc4[O-])c3=O)c(C)c2)ccc1N=Nc1ccc([O-])c(C(=O)[O-])c1.[Cu+2].[Na+].[Na+]. The van der Waals surface area contributed by atoms with E-state index >= 15 is 0 Å². The molecule has 0 aromatic heterocycles. The van der Waals surface area contributed by atoms with Gasteiger partial charge in [0, 0.05) is 5.69 Å². The van der Waals surface area contributed by atoms with Gasteiger partial charge >= 0.3 is 76.2 Å². The number of carboxylic acid groups (broad SMARTS) is 1. The van der Waals surface area contributed by atoms with Crippen molar-refractivity contribution in [3.63, 3.8) is 0 Å². The maximum absolute atomic E-state index is 13.0. The summed E-state index contributed by atoms with van der Waals surface area (Å²) in [5.74, 6) is -2.97. The molecule has 0 aliphatic rings. The minimum atomic E-state index is -4.85. The number of benzene rings is 5. The number of rotatable bonds is 9.